The summed E-state index contributed by atoms with van der Waals surface area (Å²) in [5.74, 6) is 0.739. The van der Waals surface area contributed by atoms with E-state index in [4.69, 9.17) is 5.73 Å². The van der Waals surface area contributed by atoms with E-state index in [9.17, 15) is 4.79 Å². The molecule has 0 aliphatic carbocycles. The molecular formula is C13H28N4O. The second-order valence-corrected chi connectivity index (χ2v) is 5.22. The lowest BCUT2D eigenvalue weighted by Crippen LogP contribution is -2.52. The Morgan fingerprint density at radius 3 is 2.50 bits per heavy atom. The first kappa shape index (κ1) is 15.4. The number of nitrogens with two attached hydrogens (primary N) is 1. The quantitative estimate of drug-likeness (QED) is 0.693. The lowest BCUT2D eigenvalue weighted by Gasteiger charge is -2.32. The van der Waals surface area contributed by atoms with Gasteiger partial charge in [0.05, 0.1) is 0 Å². The van der Waals surface area contributed by atoms with Crippen LogP contribution in [0.4, 0.5) is 0 Å². The molecule has 0 saturated carbocycles. The molecule has 1 heterocycles. The first-order chi connectivity index (χ1) is 8.65. The van der Waals surface area contributed by atoms with E-state index in [0.29, 0.717) is 12.3 Å². The number of hydrogen-bond acceptors (Lipinski definition) is 4. The molecule has 1 unspecified atom stereocenters. The van der Waals surface area contributed by atoms with Crippen LogP contribution in [0.25, 0.3) is 0 Å². The minimum absolute atomic E-state index is 0.148. The highest BCUT2D eigenvalue weighted by atomic mass is 16.2. The summed E-state index contributed by atoms with van der Waals surface area (Å²) in [6.45, 7) is 6.76. The number of hydrazine groups is 1. The lowest BCUT2D eigenvalue weighted by molar-refractivity contribution is -0.127. The zero-order chi connectivity index (χ0) is 13.4. The largest absolute Gasteiger partial charge is 0.330 e. The van der Waals surface area contributed by atoms with E-state index in [2.05, 4.69) is 24.3 Å². The van der Waals surface area contributed by atoms with Gasteiger partial charge in [0.15, 0.2) is 0 Å². The average Bonchev–Trinajstić information content (AvgIpc) is 2.37. The number of amides is 1. The molecule has 0 aromatic carbocycles. The summed E-state index contributed by atoms with van der Waals surface area (Å²) in [6, 6.07) is 0. The van der Waals surface area contributed by atoms with Crippen LogP contribution in [-0.4, -0.2) is 55.6 Å². The summed E-state index contributed by atoms with van der Waals surface area (Å²) in [5, 5.41) is 2.03. The van der Waals surface area contributed by atoms with Gasteiger partial charge in [0.1, 0.15) is 0 Å². The van der Waals surface area contributed by atoms with Crippen molar-refractivity contribution in [2.45, 2.75) is 32.6 Å². The van der Waals surface area contributed by atoms with Crippen molar-refractivity contribution in [1.29, 1.82) is 0 Å². The van der Waals surface area contributed by atoms with E-state index in [1.807, 2.05) is 5.01 Å². The number of nitrogens with zero attached hydrogens (tertiary/aromatic N) is 2. The normalized spacial score (nSPS) is 19.7. The van der Waals surface area contributed by atoms with Crippen LogP contribution in [0.3, 0.4) is 0 Å². The van der Waals surface area contributed by atoms with Gasteiger partial charge in [0.25, 0.3) is 0 Å². The van der Waals surface area contributed by atoms with Crippen molar-refractivity contribution in [3.05, 3.63) is 0 Å². The van der Waals surface area contributed by atoms with Gasteiger partial charge >= 0.3 is 0 Å². The number of likely N-dealkylation sites (N-methyl/N-ethyl adjacent to an activating group) is 1. The van der Waals surface area contributed by atoms with Crippen molar-refractivity contribution in [3.63, 3.8) is 0 Å². The van der Waals surface area contributed by atoms with Gasteiger partial charge in [-0.25, -0.2) is 5.01 Å². The highest BCUT2D eigenvalue weighted by Gasteiger charge is 2.16. The predicted octanol–water partition coefficient (Wildman–Crippen LogP) is 0.420. The summed E-state index contributed by atoms with van der Waals surface area (Å²) >= 11 is 0. The number of rotatable bonds is 7. The number of piperazine rings is 1. The maximum absolute atomic E-state index is 11.8. The van der Waals surface area contributed by atoms with Crippen molar-refractivity contribution >= 4 is 5.91 Å². The molecule has 1 aliphatic rings. The second-order valence-electron chi connectivity index (χ2n) is 5.22. The lowest BCUT2D eigenvalue weighted by atomic mass is 9.96. The molecule has 106 valence electrons. The molecule has 1 amide bonds. The first-order valence-electron chi connectivity index (χ1n) is 7.08. The Labute approximate surface area is 111 Å². The molecule has 0 aromatic heterocycles. The molecule has 1 rings (SSSR count). The third-order valence-electron chi connectivity index (χ3n) is 3.72. The van der Waals surface area contributed by atoms with E-state index >= 15 is 0 Å². The molecule has 1 aliphatic heterocycles. The highest BCUT2D eigenvalue weighted by Crippen LogP contribution is 2.14. The first-order valence-corrected chi connectivity index (χ1v) is 7.08. The van der Waals surface area contributed by atoms with E-state index < -0.39 is 0 Å². The van der Waals surface area contributed by atoms with Crippen LogP contribution in [0.2, 0.25) is 0 Å². The Morgan fingerprint density at radius 2 is 1.94 bits per heavy atom. The van der Waals surface area contributed by atoms with Gasteiger partial charge in [-0.05, 0) is 32.4 Å². The molecule has 5 nitrogen and oxygen atoms in total. The summed E-state index contributed by atoms with van der Waals surface area (Å²) < 4.78 is 0. The molecule has 1 atom stereocenters. The smallest absolute Gasteiger partial charge is 0.234 e. The van der Waals surface area contributed by atoms with Crippen molar-refractivity contribution in [3.8, 4) is 0 Å². The molecule has 0 radical (unpaired) electrons. The van der Waals surface area contributed by atoms with Crippen LogP contribution in [0.1, 0.15) is 32.6 Å². The Bertz CT molecular complexity index is 239. The van der Waals surface area contributed by atoms with Crippen molar-refractivity contribution in [2.24, 2.45) is 11.7 Å². The Kier molecular flexibility index (Phi) is 7.23. The molecule has 3 N–H and O–H groups in total. The van der Waals surface area contributed by atoms with Crippen LogP contribution in [0.15, 0.2) is 0 Å². The van der Waals surface area contributed by atoms with Gasteiger partial charge in [-0.3, -0.25) is 10.2 Å². The molecular weight excluding hydrogens is 228 g/mol. The van der Waals surface area contributed by atoms with Gasteiger partial charge in [-0.2, -0.15) is 0 Å². The van der Waals surface area contributed by atoms with Gasteiger partial charge < -0.3 is 10.6 Å². The molecule has 5 heteroatoms. The molecule has 1 saturated heterocycles. The van der Waals surface area contributed by atoms with Crippen LogP contribution < -0.4 is 11.2 Å². The van der Waals surface area contributed by atoms with Gasteiger partial charge in [-0.1, -0.05) is 13.3 Å². The number of hydrogen-bond donors (Lipinski definition) is 2. The monoisotopic (exact) mass is 256 g/mol. The molecule has 0 aromatic rings. The van der Waals surface area contributed by atoms with Crippen molar-refractivity contribution in [1.82, 2.24) is 15.3 Å². The Hall–Kier alpha value is -0.650. The minimum Gasteiger partial charge on any atom is -0.330 e. The van der Waals surface area contributed by atoms with Crippen LogP contribution in [0.5, 0.6) is 0 Å². The molecule has 0 spiro atoms. The summed E-state index contributed by atoms with van der Waals surface area (Å²) in [6.07, 6.45) is 3.70. The standard InChI is InChI=1S/C13H28N4O/c1-3-12(6-7-14)4-5-13(18)15-17-10-8-16(2)9-11-17/h12H,3-11,14H2,1-2H3,(H,15,18). The predicted molar refractivity (Wildman–Crippen MR) is 73.9 cm³/mol. The second kappa shape index (κ2) is 8.45. The van der Waals surface area contributed by atoms with Crippen molar-refractivity contribution < 1.29 is 4.79 Å². The van der Waals surface area contributed by atoms with E-state index in [-0.39, 0.29) is 5.91 Å². The fourth-order valence-electron chi connectivity index (χ4n) is 2.27. The zero-order valence-corrected chi connectivity index (χ0v) is 11.8. The third kappa shape index (κ3) is 5.80. The summed E-state index contributed by atoms with van der Waals surface area (Å²) in [4.78, 5) is 14.1. The van der Waals surface area contributed by atoms with E-state index in [0.717, 1.165) is 52.0 Å². The Balaban J connectivity index is 2.16. The van der Waals surface area contributed by atoms with Crippen LogP contribution >= 0.6 is 0 Å². The fraction of sp³-hybridized carbons (Fsp3) is 0.923. The fourth-order valence-corrected chi connectivity index (χ4v) is 2.27. The van der Waals surface area contributed by atoms with Crippen LogP contribution in [-0.2, 0) is 4.79 Å². The SMILES string of the molecule is CCC(CCN)CCC(=O)NN1CCN(C)CC1. The van der Waals surface area contributed by atoms with E-state index in [1.54, 1.807) is 0 Å². The van der Waals surface area contributed by atoms with Gasteiger partial charge in [0.2, 0.25) is 5.91 Å². The molecule has 0 bridgehead atoms. The maximum Gasteiger partial charge on any atom is 0.234 e. The number of nitrogens with one attached hydrogen (secondary N) is 1. The summed E-state index contributed by atoms with van der Waals surface area (Å²) in [5.41, 5.74) is 8.56. The summed E-state index contributed by atoms with van der Waals surface area (Å²) in [7, 11) is 2.11. The van der Waals surface area contributed by atoms with Crippen LogP contribution in [0, 0.1) is 5.92 Å². The average molecular weight is 256 g/mol. The molecule has 1 fully saturated rings. The minimum atomic E-state index is 0.148. The third-order valence-corrected chi connectivity index (χ3v) is 3.72. The topological polar surface area (TPSA) is 61.6 Å². The maximum atomic E-state index is 11.8. The van der Waals surface area contributed by atoms with Gasteiger partial charge in [0, 0.05) is 32.6 Å². The Morgan fingerprint density at radius 1 is 1.28 bits per heavy atom. The van der Waals surface area contributed by atoms with E-state index in [1.165, 1.54) is 0 Å². The van der Waals surface area contributed by atoms with Gasteiger partial charge in [-0.15, -0.1) is 0 Å². The molecule has 18 heavy (non-hydrogen) atoms. The highest BCUT2D eigenvalue weighted by molar-refractivity contribution is 5.75. The van der Waals surface area contributed by atoms with Crippen molar-refractivity contribution in [2.75, 3.05) is 39.8 Å². The number of carbonyl (C=O) groups excluding carboxylic acids is 1. The number of carbonyl (C=O) groups is 1. The zero-order valence-electron chi connectivity index (χ0n) is 11.8.